The summed E-state index contributed by atoms with van der Waals surface area (Å²) in [6.45, 7) is 1.85. The largest absolute Gasteiger partial charge is 0.280 e. The lowest BCUT2D eigenvalue weighted by Crippen LogP contribution is -2.33. The van der Waals surface area contributed by atoms with E-state index in [0.29, 0.717) is 5.56 Å². The van der Waals surface area contributed by atoms with E-state index in [4.69, 9.17) is 5.84 Å². The lowest BCUT2D eigenvalue weighted by atomic mass is 10.1. The molecule has 0 fully saturated rings. The van der Waals surface area contributed by atoms with Crippen LogP contribution in [0.5, 0.6) is 0 Å². The Bertz CT molecular complexity index is 296. The third-order valence-electron chi connectivity index (χ3n) is 1.59. The van der Waals surface area contributed by atoms with Gasteiger partial charge in [-0.15, -0.1) is 0 Å². The topological polar surface area (TPSA) is 59.2 Å². The molecule has 0 spiro atoms. The van der Waals surface area contributed by atoms with E-state index in [0.717, 1.165) is 10.6 Å². The van der Waals surface area contributed by atoms with Crippen molar-refractivity contribution in [3.63, 3.8) is 0 Å². The van der Waals surface area contributed by atoms with Gasteiger partial charge in [0.25, 0.3) is 5.91 Å². The molecule has 0 saturated carbocycles. The van der Waals surface area contributed by atoms with Crippen molar-refractivity contribution in [2.45, 2.75) is 6.92 Å². The van der Waals surface area contributed by atoms with Gasteiger partial charge in [0.1, 0.15) is 0 Å². The smallest absolute Gasteiger partial charge is 0.269 e. The second-order valence-corrected chi connectivity index (χ2v) is 2.61. The number of pyridine rings is 1. The fourth-order valence-corrected chi connectivity index (χ4v) is 0.878. The van der Waals surface area contributed by atoms with E-state index in [1.807, 2.05) is 6.92 Å². The maximum Gasteiger partial charge on any atom is 0.269 e. The lowest BCUT2D eigenvalue weighted by Gasteiger charge is -2.10. The van der Waals surface area contributed by atoms with Crippen molar-refractivity contribution in [1.82, 2.24) is 9.99 Å². The highest BCUT2D eigenvalue weighted by atomic mass is 16.2. The van der Waals surface area contributed by atoms with E-state index < -0.39 is 0 Å². The highest BCUT2D eigenvalue weighted by Crippen LogP contribution is 2.05. The molecule has 0 aromatic carbocycles. The molecule has 4 heteroatoms. The molecule has 1 amide bonds. The number of hydrogen-bond acceptors (Lipinski definition) is 3. The molecule has 64 valence electrons. The maximum atomic E-state index is 11.3. The monoisotopic (exact) mass is 165 g/mol. The first kappa shape index (κ1) is 8.67. The van der Waals surface area contributed by atoms with Gasteiger partial charge >= 0.3 is 0 Å². The fourth-order valence-electron chi connectivity index (χ4n) is 0.878. The standard InChI is InChI=1S/C8H11N3O/c1-6-3-4-10-5-7(6)8(12)11(2)9/h3-5H,9H2,1-2H3. The predicted octanol–water partition coefficient (Wildman–Crippen LogP) is 0.336. The molecule has 1 aromatic rings. The molecule has 0 radical (unpaired) electrons. The van der Waals surface area contributed by atoms with Gasteiger partial charge in [-0.05, 0) is 18.6 Å². The molecule has 0 bridgehead atoms. The van der Waals surface area contributed by atoms with Crippen molar-refractivity contribution in [2.24, 2.45) is 5.84 Å². The number of rotatable bonds is 1. The second-order valence-electron chi connectivity index (χ2n) is 2.61. The molecule has 4 nitrogen and oxygen atoms in total. The second kappa shape index (κ2) is 3.32. The summed E-state index contributed by atoms with van der Waals surface area (Å²) < 4.78 is 0. The third-order valence-corrected chi connectivity index (χ3v) is 1.59. The van der Waals surface area contributed by atoms with Crippen LogP contribution in [-0.2, 0) is 0 Å². The Morgan fingerprint density at radius 3 is 2.83 bits per heavy atom. The zero-order chi connectivity index (χ0) is 9.14. The normalized spacial score (nSPS) is 9.58. The van der Waals surface area contributed by atoms with Crippen molar-refractivity contribution >= 4 is 5.91 Å². The molecule has 0 saturated heterocycles. The van der Waals surface area contributed by atoms with Gasteiger partial charge in [-0.1, -0.05) is 0 Å². The number of nitrogens with zero attached hydrogens (tertiary/aromatic N) is 2. The third kappa shape index (κ3) is 1.60. The molecule has 0 aliphatic carbocycles. The van der Waals surface area contributed by atoms with Crippen LogP contribution >= 0.6 is 0 Å². The summed E-state index contributed by atoms with van der Waals surface area (Å²) in [7, 11) is 1.51. The Morgan fingerprint density at radius 2 is 2.33 bits per heavy atom. The first-order valence-electron chi connectivity index (χ1n) is 3.56. The van der Waals surface area contributed by atoms with Crippen LogP contribution in [0, 0.1) is 6.92 Å². The van der Waals surface area contributed by atoms with Gasteiger partial charge in [0.05, 0.1) is 5.56 Å². The van der Waals surface area contributed by atoms with Crippen molar-refractivity contribution in [3.05, 3.63) is 29.6 Å². The number of nitrogens with two attached hydrogens (primary N) is 1. The van der Waals surface area contributed by atoms with E-state index in [1.165, 1.54) is 13.2 Å². The predicted molar refractivity (Wildman–Crippen MR) is 45.3 cm³/mol. The lowest BCUT2D eigenvalue weighted by molar-refractivity contribution is 0.0794. The Balaban J connectivity index is 3.03. The molecule has 2 N–H and O–H groups in total. The number of aryl methyl sites for hydroxylation is 1. The van der Waals surface area contributed by atoms with Crippen LogP contribution in [0.2, 0.25) is 0 Å². The van der Waals surface area contributed by atoms with E-state index in [9.17, 15) is 4.79 Å². The molecular weight excluding hydrogens is 154 g/mol. The van der Waals surface area contributed by atoms with Crippen molar-refractivity contribution in [1.29, 1.82) is 0 Å². The first-order valence-corrected chi connectivity index (χ1v) is 3.56. The SMILES string of the molecule is Cc1ccncc1C(=O)N(C)N. The van der Waals surface area contributed by atoms with Gasteiger partial charge < -0.3 is 0 Å². The summed E-state index contributed by atoms with van der Waals surface area (Å²) in [6.07, 6.45) is 3.16. The number of amides is 1. The molecule has 1 aromatic heterocycles. The quantitative estimate of drug-likeness (QED) is 0.371. The zero-order valence-electron chi connectivity index (χ0n) is 7.11. The average molecular weight is 165 g/mol. The van der Waals surface area contributed by atoms with Crippen molar-refractivity contribution in [3.8, 4) is 0 Å². The fraction of sp³-hybridized carbons (Fsp3) is 0.250. The number of hydrazine groups is 1. The minimum atomic E-state index is -0.222. The van der Waals surface area contributed by atoms with E-state index in [-0.39, 0.29) is 5.91 Å². The summed E-state index contributed by atoms with van der Waals surface area (Å²) in [5.41, 5.74) is 1.43. The Morgan fingerprint density at radius 1 is 1.67 bits per heavy atom. The Labute approximate surface area is 71.0 Å². The summed E-state index contributed by atoms with van der Waals surface area (Å²) in [5.74, 6) is 5.07. The van der Waals surface area contributed by atoms with Crippen molar-refractivity contribution in [2.75, 3.05) is 7.05 Å². The molecule has 12 heavy (non-hydrogen) atoms. The van der Waals surface area contributed by atoms with Gasteiger partial charge in [-0.2, -0.15) is 0 Å². The minimum absolute atomic E-state index is 0.222. The molecular formula is C8H11N3O. The van der Waals surface area contributed by atoms with Crippen LogP contribution < -0.4 is 5.84 Å². The number of carbonyl (C=O) groups is 1. The number of hydrogen-bond donors (Lipinski definition) is 1. The average Bonchev–Trinajstić information content (AvgIpc) is 2.04. The van der Waals surface area contributed by atoms with E-state index in [2.05, 4.69) is 4.98 Å². The van der Waals surface area contributed by atoms with Gasteiger partial charge in [0.2, 0.25) is 0 Å². The Kier molecular flexibility index (Phi) is 2.40. The van der Waals surface area contributed by atoms with Crippen LogP contribution in [0.1, 0.15) is 15.9 Å². The first-order chi connectivity index (χ1) is 5.63. The van der Waals surface area contributed by atoms with Gasteiger partial charge in [-0.25, -0.2) is 5.84 Å². The van der Waals surface area contributed by atoms with Crippen molar-refractivity contribution < 1.29 is 4.79 Å². The van der Waals surface area contributed by atoms with Crippen LogP contribution in [0.3, 0.4) is 0 Å². The number of aromatic nitrogens is 1. The summed E-state index contributed by atoms with van der Waals surface area (Å²) in [4.78, 5) is 15.2. The highest BCUT2D eigenvalue weighted by Gasteiger charge is 2.10. The highest BCUT2D eigenvalue weighted by molar-refractivity contribution is 5.94. The van der Waals surface area contributed by atoms with E-state index >= 15 is 0 Å². The summed E-state index contributed by atoms with van der Waals surface area (Å²) >= 11 is 0. The molecule has 0 aliphatic rings. The summed E-state index contributed by atoms with van der Waals surface area (Å²) in [5, 5.41) is 1.05. The zero-order valence-corrected chi connectivity index (χ0v) is 7.11. The van der Waals surface area contributed by atoms with Crippen LogP contribution in [0.4, 0.5) is 0 Å². The van der Waals surface area contributed by atoms with Gasteiger partial charge in [0, 0.05) is 19.4 Å². The minimum Gasteiger partial charge on any atom is -0.280 e. The van der Waals surface area contributed by atoms with Crippen LogP contribution in [0.25, 0.3) is 0 Å². The molecule has 0 atom stereocenters. The van der Waals surface area contributed by atoms with Crippen LogP contribution in [-0.4, -0.2) is 22.9 Å². The maximum absolute atomic E-state index is 11.3. The number of carbonyl (C=O) groups excluding carboxylic acids is 1. The summed E-state index contributed by atoms with van der Waals surface area (Å²) in [6, 6.07) is 1.77. The Hall–Kier alpha value is -1.42. The van der Waals surface area contributed by atoms with E-state index in [1.54, 1.807) is 12.3 Å². The molecule has 1 rings (SSSR count). The van der Waals surface area contributed by atoms with Gasteiger partial charge in [0.15, 0.2) is 0 Å². The molecule has 0 aliphatic heterocycles. The van der Waals surface area contributed by atoms with Gasteiger partial charge in [-0.3, -0.25) is 14.8 Å². The molecule has 1 heterocycles. The molecule has 0 unspecified atom stereocenters. The van der Waals surface area contributed by atoms with Crippen LogP contribution in [0.15, 0.2) is 18.5 Å².